The van der Waals surface area contributed by atoms with Gasteiger partial charge in [-0.15, -0.1) is 11.3 Å². The van der Waals surface area contributed by atoms with Crippen LogP contribution < -0.4 is 10.6 Å². The molecule has 2 N–H and O–H groups in total. The van der Waals surface area contributed by atoms with E-state index in [0.717, 1.165) is 10.6 Å². The lowest BCUT2D eigenvalue weighted by Gasteiger charge is -2.10. The number of carbonyl (C=O) groups excluding carboxylic acids is 1. The molecule has 0 radical (unpaired) electrons. The van der Waals surface area contributed by atoms with Crippen molar-refractivity contribution in [3.05, 3.63) is 41.2 Å². The molecule has 6 heteroatoms. The highest BCUT2D eigenvalue weighted by Gasteiger charge is 2.10. The zero-order valence-corrected chi connectivity index (χ0v) is 12.8. The number of carbonyl (C=O) groups is 1. The molecule has 0 aliphatic carbocycles. The first kappa shape index (κ1) is 15.6. The van der Waals surface area contributed by atoms with Crippen molar-refractivity contribution in [1.29, 1.82) is 0 Å². The molecule has 0 fully saturated rings. The van der Waals surface area contributed by atoms with Crippen molar-refractivity contribution in [3.63, 3.8) is 0 Å². The molecule has 1 heterocycles. The van der Waals surface area contributed by atoms with Gasteiger partial charge >= 0.3 is 0 Å². The number of nitrogens with one attached hydrogen (secondary N) is 2. The normalized spacial score (nSPS) is 12.1. The second-order valence-corrected chi connectivity index (χ2v) is 5.68. The summed E-state index contributed by atoms with van der Waals surface area (Å²) < 4.78 is 13.2. The summed E-state index contributed by atoms with van der Waals surface area (Å²) in [5.41, 5.74) is 1.43. The minimum Gasteiger partial charge on any atom is -0.354 e. The lowest BCUT2D eigenvalue weighted by Crippen LogP contribution is -2.37. The van der Waals surface area contributed by atoms with E-state index in [-0.39, 0.29) is 24.2 Å². The summed E-state index contributed by atoms with van der Waals surface area (Å²) in [6.07, 6.45) is 0.238. The summed E-state index contributed by atoms with van der Waals surface area (Å²) in [5, 5.41) is 8.45. The number of rotatable bonds is 6. The summed E-state index contributed by atoms with van der Waals surface area (Å²) in [6, 6.07) is 6.52. The number of aromatic nitrogens is 1. The molecule has 0 bridgehead atoms. The van der Waals surface area contributed by atoms with Gasteiger partial charge in [-0.2, -0.15) is 0 Å². The van der Waals surface area contributed by atoms with E-state index >= 15 is 0 Å². The van der Waals surface area contributed by atoms with Gasteiger partial charge in [-0.3, -0.25) is 4.79 Å². The monoisotopic (exact) mass is 307 g/mol. The Hall–Kier alpha value is -1.79. The highest BCUT2D eigenvalue weighted by molar-refractivity contribution is 7.13. The van der Waals surface area contributed by atoms with Gasteiger partial charge in [0, 0.05) is 23.5 Å². The standard InChI is InChI=1S/C15H18FN3OS/c1-10(17-2)8-18-14(20)7-13-9-21-15(19-13)11-4-3-5-12(16)6-11/h3-6,9-10,17H,7-8H2,1-2H3,(H,18,20). The van der Waals surface area contributed by atoms with Crippen LogP contribution in [-0.2, 0) is 11.2 Å². The Bertz CT molecular complexity index is 614. The Morgan fingerprint density at radius 3 is 3.00 bits per heavy atom. The Labute approximate surface area is 127 Å². The first-order chi connectivity index (χ1) is 10.1. The summed E-state index contributed by atoms with van der Waals surface area (Å²) >= 11 is 1.41. The van der Waals surface area contributed by atoms with Crippen molar-refractivity contribution in [2.75, 3.05) is 13.6 Å². The Morgan fingerprint density at radius 2 is 2.29 bits per heavy atom. The molecule has 112 valence electrons. The number of hydrogen-bond donors (Lipinski definition) is 2. The van der Waals surface area contributed by atoms with Gasteiger partial charge < -0.3 is 10.6 Å². The van der Waals surface area contributed by atoms with Gasteiger partial charge in [-0.1, -0.05) is 12.1 Å². The van der Waals surface area contributed by atoms with Crippen LogP contribution in [0.15, 0.2) is 29.6 Å². The van der Waals surface area contributed by atoms with Gasteiger partial charge in [0.05, 0.1) is 12.1 Å². The lowest BCUT2D eigenvalue weighted by atomic mass is 10.2. The third-order valence-corrected chi connectivity index (χ3v) is 4.00. The van der Waals surface area contributed by atoms with Crippen LogP contribution in [0.5, 0.6) is 0 Å². The highest BCUT2D eigenvalue weighted by Crippen LogP contribution is 2.24. The van der Waals surface area contributed by atoms with Crippen LogP contribution in [0.1, 0.15) is 12.6 Å². The fraction of sp³-hybridized carbons (Fsp3) is 0.333. The van der Waals surface area contributed by atoms with Crippen LogP contribution in [0.4, 0.5) is 4.39 Å². The van der Waals surface area contributed by atoms with Crippen molar-refractivity contribution >= 4 is 17.2 Å². The molecule has 0 aliphatic rings. The number of hydrogen-bond acceptors (Lipinski definition) is 4. The van der Waals surface area contributed by atoms with E-state index in [1.807, 2.05) is 19.4 Å². The maximum absolute atomic E-state index is 13.2. The second kappa shape index (κ2) is 7.28. The summed E-state index contributed by atoms with van der Waals surface area (Å²) in [7, 11) is 1.85. The minimum absolute atomic E-state index is 0.0619. The summed E-state index contributed by atoms with van der Waals surface area (Å²) in [4.78, 5) is 16.2. The SMILES string of the molecule is CNC(C)CNC(=O)Cc1csc(-c2cccc(F)c2)n1. The summed E-state index contributed by atoms with van der Waals surface area (Å²) in [5.74, 6) is -0.351. The van der Waals surface area contributed by atoms with Crippen LogP contribution in [-0.4, -0.2) is 30.5 Å². The topological polar surface area (TPSA) is 54.0 Å². The van der Waals surface area contributed by atoms with Crippen molar-refractivity contribution in [2.24, 2.45) is 0 Å². The fourth-order valence-corrected chi connectivity index (χ4v) is 2.55. The molecule has 0 spiro atoms. The van der Waals surface area contributed by atoms with Crippen molar-refractivity contribution < 1.29 is 9.18 Å². The molecule has 1 unspecified atom stereocenters. The minimum atomic E-state index is -0.289. The van der Waals surface area contributed by atoms with E-state index < -0.39 is 0 Å². The van der Waals surface area contributed by atoms with Gasteiger partial charge in [0.1, 0.15) is 10.8 Å². The molecule has 1 aromatic carbocycles. The molecule has 0 saturated carbocycles. The number of thiazole rings is 1. The van der Waals surface area contributed by atoms with Gasteiger partial charge in [-0.05, 0) is 26.1 Å². The molecule has 2 aromatic rings. The van der Waals surface area contributed by atoms with Crippen LogP contribution in [0.25, 0.3) is 10.6 Å². The van der Waals surface area contributed by atoms with E-state index in [1.54, 1.807) is 12.1 Å². The first-order valence-corrected chi connectivity index (χ1v) is 7.60. The predicted molar refractivity (Wildman–Crippen MR) is 82.7 cm³/mol. The van der Waals surface area contributed by atoms with Gasteiger partial charge in [0.25, 0.3) is 0 Å². The van der Waals surface area contributed by atoms with E-state index in [2.05, 4.69) is 15.6 Å². The Balaban J connectivity index is 1.96. The quantitative estimate of drug-likeness (QED) is 0.860. The fourth-order valence-electron chi connectivity index (χ4n) is 1.74. The highest BCUT2D eigenvalue weighted by atomic mass is 32.1. The maximum atomic E-state index is 13.2. The van der Waals surface area contributed by atoms with E-state index in [1.165, 1.54) is 23.5 Å². The molecule has 1 amide bonds. The largest absolute Gasteiger partial charge is 0.354 e. The molecule has 21 heavy (non-hydrogen) atoms. The number of likely N-dealkylation sites (N-methyl/N-ethyl adjacent to an activating group) is 1. The first-order valence-electron chi connectivity index (χ1n) is 6.73. The molecular weight excluding hydrogens is 289 g/mol. The number of amides is 1. The molecule has 1 atom stereocenters. The molecule has 1 aromatic heterocycles. The summed E-state index contributed by atoms with van der Waals surface area (Å²) in [6.45, 7) is 2.57. The van der Waals surface area contributed by atoms with Crippen molar-refractivity contribution in [3.8, 4) is 10.6 Å². The van der Waals surface area contributed by atoms with E-state index in [9.17, 15) is 9.18 Å². The average molecular weight is 307 g/mol. The van der Waals surface area contributed by atoms with E-state index in [4.69, 9.17) is 0 Å². The van der Waals surface area contributed by atoms with Crippen LogP contribution in [0.3, 0.4) is 0 Å². The van der Waals surface area contributed by atoms with Crippen LogP contribution in [0.2, 0.25) is 0 Å². The molecule has 4 nitrogen and oxygen atoms in total. The number of halogens is 1. The Morgan fingerprint density at radius 1 is 1.48 bits per heavy atom. The maximum Gasteiger partial charge on any atom is 0.226 e. The lowest BCUT2D eigenvalue weighted by molar-refractivity contribution is -0.120. The van der Waals surface area contributed by atoms with Crippen LogP contribution in [0, 0.1) is 5.82 Å². The third kappa shape index (κ3) is 4.61. The van der Waals surface area contributed by atoms with Crippen molar-refractivity contribution in [2.45, 2.75) is 19.4 Å². The molecular formula is C15H18FN3OS. The van der Waals surface area contributed by atoms with E-state index in [0.29, 0.717) is 12.2 Å². The third-order valence-electron chi connectivity index (χ3n) is 3.06. The number of benzene rings is 1. The zero-order valence-electron chi connectivity index (χ0n) is 12.0. The average Bonchev–Trinajstić information content (AvgIpc) is 2.93. The van der Waals surface area contributed by atoms with Crippen molar-refractivity contribution in [1.82, 2.24) is 15.6 Å². The molecule has 0 saturated heterocycles. The predicted octanol–water partition coefficient (Wildman–Crippen LogP) is 2.22. The van der Waals surface area contributed by atoms with Gasteiger partial charge in [0.2, 0.25) is 5.91 Å². The smallest absolute Gasteiger partial charge is 0.226 e. The van der Waals surface area contributed by atoms with Crippen LogP contribution >= 0.6 is 11.3 Å². The number of nitrogens with zero attached hydrogens (tertiary/aromatic N) is 1. The zero-order chi connectivity index (χ0) is 15.2. The second-order valence-electron chi connectivity index (χ2n) is 4.82. The Kier molecular flexibility index (Phi) is 5.41. The molecule has 2 rings (SSSR count). The van der Waals surface area contributed by atoms with Gasteiger partial charge in [-0.25, -0.2) is 9.37 Å². The van der Waals surface area contributed by atoms with Gasteiger partial charge in [0.15, 0.2) is 0 Å². The molecule has 0 aliphatic heterocycles.